The summed E-state index contributed by atoms with van der Waals surface area (Å²) in [6.45, 7) is 4.55. The van der Waals surface area contributed by atoms with Gasteiger partial charge < -0.3 is 4.79 Å². The predicted molar refractivity (Wildman–Crippen MR) is 169 cm³/mol. The number of carbonyl (C=O) groups is 2. The molecule has 0 saturated heterocycles. The molecule has 0 N–H and O–H groups in total. The van der Waals surface area contributed by atoms with E-state index in [4.69, 9.17) is 0 Å². The van der Waals surface area contributed by atoms with Crippen LogP contribution in [-0.4, -0.2) is 12.1 Å². The summed E-state index contributed by atoms with van der Waals surface area (Å²) in [5.74, 6) is -0.461. The maximum absolute atomic E-state index is 12.3. The fourth-order valence-corrected chi connectivity index (χ4v) is 5.14. The summed E-state index contributed by atoms with van der Waals surface area (Å²) >= 11 is 0. The smallest absolute Gasteiger partial charge is 0.165 e. The Bertz CT molecular complexity index is 548. The zero-order valence-electron chi connectivity index (χ0n) is 25.9. The molecule has 0 bridgehead atoms. The number of ketones is 1. The first kappa shape index (κ1) is 36.8. The molecule has 2 heteroatoms. The van der Waals surface area contributed by atoms with Gasteiger partial charge >= 0.3 is 0 Å². The van der Waals surface area contributed by atoms with Gasteiger partial charge in [0.05, 0.1) is 5.92 Å². The van der Waals surface area contributed by atoms with Gasteiger partial charge in [0, 0.05) is 0 Å². The Morgan fingerprint density at radius 1 is 0.474 bits per heavy atom. The highest BCUT2D eigenvalue weighted by Gasteiger charge is 2.13. The van der Waals surface area contributed by atoms with Crippen LogP contribution in [0.4, 0.5) is 0 Å². The Morgan fingerprint density at radius 3 is 1.21 bits per heavy atom. The van der Waals surface area contributed by atoms with Crippen LogP contribution >= 0.6 is 0 Å². The van der Waals surface area contributed by atoms with E-state index in [0.29, 0.717) is 6.42 Å². The number of hydrogen-bond donors (Lipinski definition) is 0. The van der Waals surface area contributed by atoms with Gasteiger partial charge in [-0.25, -0.2) is 0 Å². The summed E-state index contributed by atoms with van der Waals surface area (Å²) in [4.78, 5) is 23.7. The van der Waals surface area contributed by atoms with Crippen molar-refractivity contribution in [3.8, 4) is 0 Å². The molecular formula is C36H66O2. The Kier molecular flexibility index (Phi) is 31.0. The van der Waals surface area contributed by atoms with Crippen LogP contribution in [-0.2, 0) is 9.59 Å². The number of rotatable bonds is 31. The molecule has 38 heavy (non-hydrogen) atoms. The van der Waals surface area contributed by atoms with E-state index in [1.807, 2.05) is 6.08 Å². The molecule has 0 heterocycles. The quantitative estimate of drug-likeness (QED) is 0.0293. The lowest BCUT2D eigenvalue weighted by Crippen LogP contribution is -2.13. The van der Waals surface area contributed by atoms with Crippen molar-refractivity contribution in [2.75, 3.05) is 0 Å². The zero-order chi connectivity index (χ0) is 27.8. The first-order valence-corrected chi connectivity index (χ1v) is 17.1. The maximum Gasteiger partial charge on any atom is 0.165 e. The van der Waals surface area contributed by atoms with Crippen molar-refractivity contribution in [2.45, 2.75) is 187 Å². The van der Waals surface area contributed by atoms with Crippen molar-refractivity contribution in [1.29, 1.82) is 0 Å². The second-order valence-corrected chi connectivity index (χ2v) is 11.6. The van der Waals surface area contributed by atoms with Crippen LogP contribution in [0.2, 0.25) is 0 Å². The number of unbranched alkanes of at least 4 members (excludes halogenated alkanes) is 23. The fourth-order valence-electron chi connectivity index (χ4n) is 5.14. The molecule has 0 aliphatic rings. The average Bonchev–Trinajstić information content (AvgIpc) is 2.93. The van der Waals surface area contributed by atoms with Gasteiger partial charge in [-0.15, -0.1) is 0 Å². The van der Waals surface area contributed by atoms with E-state index in [2.05, 4.69) is 26.0 Å². The van der Waals surface area contributed by atoms with Gasteiger partial charge in [-0.05, 0) is 51.0 Å². The summed E-state index contributed by atoms with van der Waals surface area (Å²) in [5, 5.41) is 0. The van der Waals surface area contributed by atoms with Gasteiger partial charge in [-0.3, -0.25) is 4.79 Å². The largest absolute Gasteiger partial charge is 0.303 e. The topological polar surface area (TPSA) is 34.1 Å². The Balaban J connectivity index is 3.56. The second kappa shape index (κ2) is 32.0. The molecule has 2 nitrogen and oxygen atoms in total. The van der Waals surface area contributed by atoms with Crippen molar-refractivity contribution in [2.24, 2.45) is 5.92 Å². The predicted octanol–water partition coefficient (Wildman–Crippen LogP) is 12.1. The Hall–Kier alpha value is -1.18. The SMILES string of the molecule is CCCCCCCCCCC/C=C/CCCC(C=O)C(=O)C=CCCCCCCCCCCCCCCC. The minimum absolute atomic E-state index is 0.00614. The Morgan fingerprint density at radius 2 is 0.816 bits per heavy atom. The van der Waals surface area contributed by atoms with Crippen molar-refractivity contribution in [3.05, 3.63) is 24.3 Å². The lowest BCUT2D eigenvalue weighted by molar-refractivity contribution is -0.124. The first-order chi connectivity index (χ1) is 18.8. The van der Waals surface area contributed by atoms with Crippen LogP contribution in [0.3, 0.4) is 0 Å². The lowest BCUT2D eigenvalue weighted by Gasteiger charge is -2.05. The molecule has 222 valence electrons. The molecule has 0 spiro atoms. The number of carbonyl (C=O) groups excluding carboxylic acids is 2. The maximum atomic E-state index is 12.3. The van der Waals surface area contributed by atoms with E-state index in [1.165, 1.54) is 135 Å². The van der Waals surface area contributed by atoms with Crippen LogP contribution in [0, 0.1) is 5.92 Å². The van der Waals surface area contributed by atoms with Gasteiger partial charge in [-0.2, -0.15) is 0 Å². The van der Waals surface area contributed by atoms with Gasteiger partial charge in [0.15, 0.2) is 5.78 Å². The third-order valence-corrected chi connectivity index (χ3v) is 7.81. The molecular weight excluding hydrogens is 464 g/mol. The molecule has 0 aromatic heterocycles. The van der Waals surface area contributed by atoms with E-state index >= 15 is 0 Å². The monoisotopic (exact) mass is 531 g/mol. The summed E-state index contributed by atoms with van der Waals surface area (Å²) < 4.78 is 0. The van der Waals surface area contributed by atoms with Crippen molar-refractivity contribution in [1.82, 2.24) is 0 Å². The molecule has 0 aromatic rings. The highest BCUT2D eigenvalue weighted by Crippen LogP contribution is 2.14. The van der Waals surface area contributed by atoms with E-state index < -0.39 is 5.92 Å². The van der Waals surface area contributed by atoms with E-state index in [0.717, 1.165) is 38.4 Å². The van der Waals surface area contributed by atoms with E-state index in [-0.39, 0.29) is 5.78 Å². The third-order valence-electron chi connectivity index (χ3n) is 7.81. The lowest BCUT2D eigenvalue weighted by atomic mass is 9.98. The molecule has 0 fully saturated rings. The summed E-state index contributed by atoms with van der Waals surface area (Å²) in [6, 6.07) is 0. The summed E-state index contributed by atoms with van der Waals surface area (Å²) in [6.07, 6.45) is 43.7. The normalized spacial score (nSPS) is 12.6. The molecule has 0 aromatic carbocycles. The number of aldehydes is 1. The molecule has 0 aliphatic heterocycles. The summed E-state index contributed by atoms with van der Waals surface area (Å²) in [5.41, 5.74) is 0. The molecule has 0 radical (unpaired) electrons. The average molecular weight is 531 g/mol. The Labute approximate surface area is 238 Å². The van der Waals surface area contributed by atoms with Gasteiger partial charge in [0.1, 0.15) is 6.29 Å². The standard InChI is InChI=1S/C36H66O2/c1-3-5-7-9-11-13-15-17-19-21-23-25-27-29-31-33-36(38)35(34-37)32-30-28-26-24-22-20-18-16-14-12-10-8-6-4-2/h24,26,31,33-35H,3-23,25,27-30,32H2,1-2H3/b26-24+,33-31?. The molecule has 0 saturated carbocycles. The van der Waals surface area contributed by atoms with Crippen LogP contribution in [0.1, 0.15) is 187 Å². The summed E-state index contributed by atoms with van der Waals surface area (Å²) in [7, 11) is 0. The van der Waals surface area contributed by atoms with Gasteiger partial charge in [0.25, 0.3) is 0 Å². The van der Waals surface area contributed by atoms with Crippen molar-refractivity contribution in [3.63, 3.8) is 0 Å². The molecule has 0 amide bonds. The van der Waals surface area contributed by atoms with Crippen LogP contribution in [0.5, 0.6) is 0 Å². The highest BCUT2D eigenvalue weighted by atomic mass is 16.1. The third kappa shape index (κ3) is 27.8. The van der Waals surface area contributed by atoms with Crippen molar-refractivity contribution >= 4 is 12.1 Å². The number of allylic oxidation sites excluding steroid dienone is 4. The first-order valence-electron chi connectivity index (χ1n) is 17.1. The molecule has 1 atom stereocenters. The van der Waals surface area contributed by atoms with Crippen molar-refractivity contribution < 1.29 is 9.59 Å². The highest BCUT2D eigenvalue weighted by molar-refractivity contribution is 6.00. The minimum Gasteiger partial charge on any atom is -0.303 e. The zero-order valence-corrected chi connectivity index (χ0v) is 25.9. The number of hydrogen-bond acceptors (Lipinski definition) is 2. The molecule has 0 rings (SSSR count). The van der Waals surface area contributed by atoms with E-state index in [1.54, 1.807) is 6.08 Å². The van der Waals surface area contributed by atoms with Crippen LogP contribution in [0.15, 0.2) is 24.3 Å². The minimum atomic E-state index is -0.455. The van der Waals surface area contributed by atoms with Crippen LogP contribution in [0.25, 0.3) is 0 Å². The van der Waals surface area contributed by atoms with Gasteiger partial charge in [-0.1, -0.05) is 160 Å². The molecule has 1 unspecified atom stereocenters. The fraction of sp³-hybridized carbons (Fsp3) is 0.833. The second-order valence-electron chi connectivity index (χ2n) is 11.6. The van der Waals surface area contributed by atoms with Crippen LogP contribution < -0.4 is 0 Å². The van der Waals surface area contributed by atoms with E-state index in [9.17, 15) is 9.59 Å². The molecule has 0 aliphatic carbocycles. The van der Waals surface area contributed by atoms with Gasteiger partial charge in [0.2, 0.25) is 0 Å².